The number of anilines is 2. The lowest BCUT2D eigenvalue weighted by Crippen LogP contribution is -2.36. The van der Waals surface area contributed by atoms with Crippen molar-refractivity contribution in [1.82, 2.24) is 10.3 Å². The van der Waals surface area contributed by atoms with Gasteiger partial charge in [0.1, 0.15) is 5.82 Å². The van der Waals surface area contributed by atoms with Gasteiger partial charge in [-0.05, 0) is 37.6 Å². The smallest absolute Gasteiger partial charge is 0.224 e. The maximum atomic E-state index is 12.0. The molecule has 2 aliphatic heterocycles. The van der Waals surface area contributed by atoms with Crippen molar-refractivity contribution in [2.75, 3.05) is 49.6 Å². The van der Waals surface area contributed by atoms with Crippen molar-refractivity contribution in [3.8, 4) is 0 Å². The molecule has 0 aliphatic carbocycles. The molecule has 0 spiro atoms. The molecule has 6 nitrogen and oxygen atoms in total. The molecular formula is C15H24Cl2N4O2. The molecule has 0 radical (unpaired) electrons. The Morgan fingerprint density at radius 1 is 1.35 bits per heavy atom. The summed E-state index contributed by atoms with van der Waals surface area (Å²) in [5.74, 6) is 1.48. The van der Waals surface area contributed by atoms with E-state index < -0.39 is 0 Å². The van der Waals surface area contributed by atoms with Crippen LogP contribution in [-0.4, -0.2) is 50.3 Å². The highest BCUT2D eigenvalue weighted by Crippen LogP contribution is 2.17. The summed E-state index contributed by atoms with van der Waals surface area (Å²) in [5, 5.41) is 6.20. The molecule has 0 saturated carbocycles. The van der Waals surface area contributed by atoms with Crippen LogP contribution in [0.3, 0.4) is 0 Å². The third kappa shape index (κ3) is 5.80. The Hall–Kier alpha value is -1.08. The molecule has 0 aromatic carbocycles. The van der Waals surface area contributed by atoms with Crippen molar-refractivity contribution in [2.45, 2.75) is 12.8 Å². The lowest BCUT2D eigenvalue weighted by Gasteiger charge is -2.27. The van der Waals surface area contributed by atoms with Crippen molar-refractivity contribution in [2.24, 2.45) is 5.92 Å². The second kappa shape index (κ2) is 9.93. The van der Waals surface area contributed by atoms with Crippen LogP contribution < -0.4 is 15.5 Å². The average molecular weight is 363 g/mol. The number of ether oxygens (including phenoxy) is 1. The number of aromatic nitrogens is 1. The second-order valence-corrected chi connectivity index (χ2v) is 5.62. The lowest BCUT2D eigenvalue weighted by atomic mass is 10.0. The van der Waals surface area contributed by atoms with Crippen molar-refractivity contribution < 1.29 is 9.53 Å². The normalized spacial score (nSPS) is 20.3. The fourth-order valence-electron chi connectivity index (χ4n) is 2.80. The number of hydrogen-bond acceptors (Lipinski definition) is 5. The number of nitrogens with one attached hydrogen (secondary N) is 2. The van der Waals surface area contributed by atoms with Crippen LogP contribution in [0, 0.1) is 5.92 Å². The molecule has 0 bridgehead atoms. The molecule has 1 unspecified atom stereocenters. The summed E-state index contributed by atoms with van der Waals surface area (Å²) in [6, 6.07) is 3.88. The van der Waals surface area contributed by atoms with Gasteiger partial charge in [0, 0.05) is 19.5 Å². The van der Waals surface area contributed by atoms with Gasteiger partial charge in [0.15, 0.2) is 0 Å². The maximum Gasteiger partial charge on any atom is 0.224 e. The van der Waals surface area contributed by atoms with E-state index in [1.54, 1.807) is 6.20 Å². The van der Waals surface area contributed by atoms with Crippen LogP contribution in [-0.2, 0) is 9.53 Å². The number of rotatable bonds is 4. The highest BCUT2D eigenvalue weighted by atomic mass is 35.5. The largest absolute Gasteiger partial charge is 0.378 e. The molecule has 2 saturated heterocycles. The first kappa shape index (κ1) is 20.0. The van der Waals surface area contributed by atoms with Gasteiger partial charge in [-0.15, -0.1) is 24.8 Å². The predicted molar refractivity (Wildman–Crippen MR) is 96.0 cm³/mol. The van der Waals surface area contributed by atoms with Crippen LogP contribution >= 0.6 is 24.8 Å². The Bertz CT molecular complexity index is 475. The SMILES string of the molecule is Cl.Cl.O=C(CC1CCNC1)Nc1ccc(N2CCOCC2)nc1. The molecule has 2 N–H and O–H groups in total. The van der Waals surface area contributed by atoms with Crippen molar-refractivity contribution in [3.05, 3.63) is 18.3 Å². The van der Waals surface area contributed by atoms with Gasteiger partial charge in [0.05, 0.1) is 25.1 Å². The highest BCUT2D eigenvalue weighted by Gasteiger charge is 2.18. The van der Waals surface area contributed by atoms with E-state index in [2.05, 4.69) is 20.5 Å². The lowest BCUT2D eigenvalue weighted by molar-refractivity contribution is -0.116. The van der Waals surface area contributed by atoms with E-state index in [4.69, 9.17) is 4.74 Å². The molecule has 2 fully saturated rings. The first-order valence-electron chi connectivity index (χ1n) is 7.60. The van der Waals surface area contributed by atoms with Crippen LogP contribution in [0.25, 0.3) is 0 Å². The zero-order chi connectivity index (χ0) is 14.5. The molecule has 8 heteroatoms. The van der Waals surface area contributed by atoms with Gasteiger partial charge < -0.3 is 20.3 Å². The van der Waals surface area contributed by atoms with Gasteiger partial charge in [-0.25, -0.2) is 4.98 Å². The van der Waals surface area contributed by atoms with E-state index in [0.29, 0.717) is 12.3 Å². The molecule has 2 aliphatic rings. The summed E-state index contributed by atoms with van der Waals surface area (Å²) in [7, 11) is 0. The molecule has 1 aromatic heterocycles. The standard InChI is InChI=1S/C15H22N4O2.2ClH/c20-15(9-12-3-4-16-10-12)18-13-1-2-14(17-11-13)19-5-7-21-8-6-19;;/h1-2,11-12,16H,3-10H2,(H,18,20);2*1H. The zero-order valence-corrected chi connectivity index (χ0v) is 14.6. The number of carbonyl (C=O) groups excluding carboxylic acids is 1. The van der Waals surface area contributed by atoms with E-state index in [0.717, 1.165) is 57.3 Å². The minimum Gasteiger partial charge on any atom is -0.378 e. The monoisotopic (exact) mass is 362 g/mol. The van der Waals surface area contributed by atoms with E-state index in [1.807, 2.05) is 12.1 Å². The minimum atomic E-state index is 0. The van der Waals surface area contributed by atoms with Crippen LogP contribution in [0.15, 0.2) is 18.3 Å². The van der Waals surface area contributed by atoms with E-state index in [1.165, 1.54) is 0 Å². The summed E-state index contributed by atoms with van der Waals surface area (Å²) in [6.07, 6.45) is 3.40. The first-order chi connectivity index (χ1) is 10.3. The molecule has 130 valence electrons. The van der Waals surface area contributed by atoms with Crippen LogP contribution in [0.1, 0.15) is 12.8 Å². The molecule has 23 heavy (non-hydrogen) atoms. The Morgan fingerprint density at radius 2 is 2.13 bits per heavy atom. The van der Waals surface area contributed by atoms with Crippen molar-refractivity contribution >= 4 is 42.2 Å². The number of hydrogen-bond donors (Lipinski definition) is 2. The van der Waals surface area contributed by atoms with Crippen molar-refractivity contribution in [3.63, 3.8) is 0 Å². The number of morpholine rings is 1. The quantitative estimate of drug-likeness (QED) is 0.853. The topological polar surface area (TPSA) is 66.5 Å². The van der Waals surface area contributed by atoms with Gasteiger partial charge in [-0.2, -0.15) is 0 Å². The van der Waals surface area contributed by atoms with Crippen LogP contribution in [0.4, 0.5) is 11.5 Å². The molecule has 1 amide bonds. The Balaban J connectivity index is 0.00000132. The summed E-state index contributed by atoms with van der Waals surface area (Å²) in [4.78, 5) is 18.6. The zero-order valence-electron chi connectivity index (χ0n) is 13.0. The molecule has 3 heterocycles. The summed E-state index contributed by atoms with van der Waals surface area (Å²) in [6.45, 7) is 5.20. The summed E-state index contributed by atoms with van der Waals surface area (Å²) >= 11 is 0. The number of nitrogens with zero attached hydrogens (tertiary/aromatic N) is 2. The second-order valence-electron chi connectivity index (χ2n) is 5.62. The first-order valence-corrected chi connectivity index (χ1v) is 7.60. The highest BCUT2D eigenvalue weighted by molar-refractivity contribution is 5.90. The average Bonchev–Trinajstić information content (AvgIpc) is 3.02. The van der Waals surface area contributed by atoms with Crippen molar-refractivity contribution in [1.29, 1.82) is 0 Å². The fraction of sp³-hybridized carbons (Fsp3) is 0.600. The fourth-order valence-corrected chi connectivity index (χ4v) is 2.80. The molecule has 1 aromatic rings. The third-order valence-corrected chi connectivity index (χ3v) is 4.00. The minimum absolute atomic E-state index is 0. The number of pyridine rings is 1. The van der Waals surface area contributed by atoms with Gasteiger partial charge in [-0.3, -0.25) is 4.79 Å². The van der Waals surface area contributed by atoms with Crippen LogP contribution in [0.2, 0.25) is 0 Å². The van der Waals surface area contributed by atoms with E-state index >= 15 is 0 Å². The number of amides is 1. The summed E-state index contributed by atoms with van der Waals surface area (Å²) in [5.41, 5.74) is 0.767. The van der Waals surface area contributed by atoms with Gasteiger partial charge in [-0.1, -0.05) is 0 Å². The van der Waals surface area contributed by atoms with Gasteiger partial charge in [0.2, 0.25) is 5.91 Å². The predicted octanol–water partition coefficient (Wildman–Crippen LogP) is 1.70. The Morgan fingerprint density at radius 3 is 2.74 bits per heavy atom. The van der Waals surface area contributed by atoms with Gasteiger partial charge in [0.25, 0.3) is 0 Å². The van der Waals surface area contributed by atoms with Crippen LogP contribution in [0.5, 0.6) is 0 Å². The Labute approximate surface area is 149 Å². The third-order valence-electron chi connectivity index (χ3n) is 4.00. The summed E-state index contributed by atoms with van der Waals surface area (Å²) < 4.78 is 5.33. The maximum absolute atomic E-state index is 12.0. The number of halogens is 2. The van der Waals surface area contributed by atoms with E-state index in [-0.39, 0.29) is 30.7 Å². The molecular weight excluding hydrogens is 339 g/mol. The van der Waals surface area contributed by atoms with Gasteiger partial charge >= 0.3 is 0 Å². The van der Waals surface area contributed by atoms with E-state index in [9.17, 15) is 4.79 Å². The molecule has 1 atom stereocenters. The molecule has 3 rings (SSSR count). The number of carbonyl (C=O) groups is 1. The Kier molecular flexibility index (Phi) is 8.62.